The van der Waals surface area contributed by atoms with Gasteiger partial charge in [0, 0.05) is 4.32 Å². The maximum absolute atomic E-state index is 12.5. The van der Waals surface area contributed by atoms with Crippen LogP contribution in [0.15, 0.2) is 30.3 Å². The molecule has 1 N–H and O–H groups in total. The van der Waals surface area contributed by atoms with Crippen molar-refractivity contribution in [2.45, 2.75) is 58.2 Å². The number of aliphatic hydroxyl groups is 1. The molecule has 0 saturated carbocycles. The Morgan fingerprint density at radius 3 is 2.12 bits per heavy atom. The highest BCUT2D eigenvalue weighted by Crippen LogP contribution is 2.50. The molecule has 24 heavy (non-hydrogen) atoms. The highest BCUT2D eigenvalue weighted by molar-refractivity contribution is 9.10. The molecule has 1 aromatic carbocycles. The van der Waals surface area contributed by atoms with E-state index in [4.69, 9.17) is 9.84 Å². The number of alkyl halides is 1. The third-order valence-electron chi connectivity index (χ3n) is 5.27. The van der Waals surface area contributed by atoms with Gasteiger partial charge in [-0.1, -0.05) is 60.1 Å². The van der Waals surface area contributed by atoms with Crippen LogP contribution in [0, 0.1) is 10.8 Å². The number of carbonyl (C=O) groups is 1. The van der Waals surface area contributed by atoms with Crippen molar-refractivity contribution in [3.05, 3.63) is 35.9 Å². The molecule has 0 spiro atoms. The van der Waals surface area contributed by atoms with Crippen LogP contribution in [0.5, 0.6) is 0 Å². The van der Waals surface area contributed by atoms with Gasteiger partial charge in [0.25, 0.3) is 0 Å². The summed E-state index contributed by atoms with van der Waals surface area (Å²) in [4.78, 5) is 12.5. The maximum Gasteiger partial charge on any atom is 0.312 e. The molecule has 0 heterocycles. The molecule has 0 bridgehead atoms. The lowest BCUT2D eigenvalue weighted by Crippen LogP contribution is -2.43. The Hall–Kier alpha value is -0.870. The van der Waals surface area contributed by atoms with Gasteiger partial charge in [0.15, 0.2) is 0 Å². The zero-order valence-electron chi connectivity index (χ0n) is 15.7. The lowest BCUT2D eigenvalue weighted by Gasteiger charge is -2.44. The number of hydrogen-bond acceptors (Lipinski definition) is 3. The van der Waals surface area contributed by atoms with Crippen LogP contribution in [-0.4, -0.2) is 28.6 Å². The van der Waals surface area contributed by atoms with Gasteiger partial charge in [0.1, 0.15) is 6.61 Å². The Morgan fingerprint density at radius 1 is 1.12 bits per heavy atom. The monoisotopic (exact) mass is 398 g/mol. The molecule has 0 aromatic heterocycles. The lowest BCUT2D eigenvalue weighted by molar-refractivity contribution is -0.162. The number of rotatable bonds is 8. The Morgan fingerprint density at radius 2 is 1.67 bits per heavy atom. The molecule has 0 radical (unpaired) electrons. The van der Waals surface area contributed by atoms with Gasteiger partial charge in [-0.3, -0.25) is 4.79 Å². The maximum atomic E-state index is 12.5. The number of benzene rings is 1. The fourth-order valence-corrected chi connectivity index (χ4v) is 3.23. The molecule has 3 nitrogen and oxygen atoms in total. The van der Waals surface area contributed by atoms with Crippen molar-refractivity contribution in [3.63, 3.8) is 0 Å². The van der Waals surface area contributed by atoms with Crippen molar-refractivity contribution in [2.75, 3.05) is 13.2 Å². The Labute approximate surface area is 154 Å². The van der Waals surface area contributed by atoms with E-state index in [1.54, 1.807) is 0 Å². The molecule has 4 heteroatoms. The molecule has 0 aliphatic heterocycles. The highest BCUT2D eigenvalue weighted by Gasteiger charge is 2.47. The van der Waals surface area contributed by atoms with Crippen molar-refractivity contribution in [1.29, 1.82) is 0 Å². The summed E-state index contributed by atoms with van der Waals surface area (Å²) in [6.07, 6.45) is 0.830. The van der Waals surface area contributed by atoms with E-state index in [2.05, 4.69) is 67.9 Å². The van der Waals surface area contributed by atoms with E-state index < -0.39 is 5.41 Å². The summed E-state index contributed by atoms with van der Waals surface area (Å²) < 4.78 is 5.11. The first-order chi connectivity index (χ1) is 10.9. The van der Waals surface area contributed by atoms with Gasteiger partial charge in [-0.05, 0) is 51.0 Å². The molecule has 0 amide bonds. The Bertz CT molecular complexity index is 530. The smallest absolute Gasteiger partial charge is 0.312 e. The molecule has 0 saturated heterocycles. The van der Waals surface area contributed by atoms with Crippen LogP contribution >= 0.6 is 15.9 Å². The summed E-state index contributed by atoms with van der Waals surface area (Å²) >= 11 is 3.83. The van der Waals surface area contributed by atoms with Crippen LogP contribution in [0.1, 0.15) is 59.4 Å². The predicted octanol–water partition coefficient (Wildman–Crippen LogP) is 4.92. The van der Waals surface area contributed by atoms with Crippen LogP contribution in [0.3, 0.4) is 0 Å². The van der Waals surface area contributed by atoms with Gasteiger partial charge in [-0.15, -0.1) is 0 Å². The van der Waals surface area contributed by atoms with Gasteiger partial charge >= 0.3 is 5.97 Å². The predicted molar refractivity (Wildman–Crippen MR) is 102 cm³/mol. The molecule has 0 aliphatic rings. The van der Waals surface area contributed by atoms with E-state index in [0.29, 0.717) is 0 Å². The molecule has 1 atom stereocenters. The van der Waals surface area contributed by atoms with Gasteiger partial charge in [-0.2, -0.15) is 0 Å². The van der Waals surface area contributed by atoms with Crippen molar-refractivity contribution in [2.24, 2.45) is 10.8 Å². The van der Waals surface area contributed by atoms with Gasteiger partial charge in [0.05, 0.1) is 12.0 Å². The SMILES string of the molecule is CC(C)(Br)C(CC(C)(C)C(C)(C)C(=O)OCCO)c1ccccc1. The number of aliphatic hydroxyl groups excluding tert-OH is 1. The lowest BCUT2D eigenvalue weighted by atomic mass is 9.62. The minimum Gasteiger partial charge on any atom is -0.463 e. The van der Waals surface area contributed by atoms with Crippen LogP contribution in [0.4, 0.5) is 0 Å². The second kappa shape index (κ2) is 8.01. The average Bonchev–Trinajstić information content (AvgIpc) is 2.49. The number of hydrogen-bond donors (Lipinski definition) is 1. The summed E-state index contributed by atoms with van der Waals surface area (Å²) in [6, 6.07) is 10.4. The highest BCUT2D eigenvalue weighted by atomic mass is 79.9. The zero-order chi connectivity index (χ0) is 18.6. The minimum atomic E-state index is -0.659. The number of carbonyl (C=O) groups excluding carboxylic acids is 1. The van der Waals surface area contributed by atoms with Crippen molar-refractivity contribution >= 4 is 21.9 Å². The molecule has 1 unspecified atom stereocenters. The standard InChI is InChI=1S/C20H31BrO3/c1-18(2,19(3,4)17(23)24-13-12-22)14-16(20(5,6)21)15-10-8-7-9-11-15/h7-11,16,22H,12-14H2,1-6H3. The largest absolute Gasteiger partial charge is 0.463 e. The third-order valence-corrected chi connectivity index (χ3v) is 5.82. The first-order valence-electron chi connectivity index (χ1n) is 8.45. The van der Waals surface area contributed by atoms with Gasteiger partial charge in [0.2, 0.25) is 0 Å². The second-order valence-electron chi connectivity index (χ2n) is 8.10. The molecule has 0 fully saturated rings. The van der Waals surface area contributed by atoms with Crippen molar-refractivity contribution < 1.29 is 14.6 Å². The normalized spacial score (nSPS) is 14.3. The molecule has 136 valence electrons. The van der Waals surface area contributed by atoms with E-state index >= 15 is 0 Å². The van der Waals surface area contributed by atoms with Crippen LogP contribution < -0.4 is 0 Å². The summed E-state index contributed by atoms with van der Waals surface area (Å²) in [7, 11) is 0. The Kier molecular flexibility index (Phi) is 7.06. The van der Waals surface area contributed by atoms with E-state index in [1.807, 2.05) is 19.9 Å². The van der Waals surface area contributed by atoms with E-state index in [1.165, 1.54) is 5.56 Å². The van der Waals surface area contributed by atoms with Crippen LogP contribution in [0.25, 0.3) is 0 Å². The molecule has 0 aliphatic carbocycles. The number of halogens is 1. The third kappa shape index (κ3) is 5.06. The molecular formula is C20H31BrO3. The van der Waals surface area contributed by atoms with Crippen molar-refractivity contribution in [3.8, 4) is 0 Å². The van der Waals surface area contributed by atoms with Crippen molar-refractivity contribution in [1.82, 2.24) is 0 Å². The van der Waals surface area contributed by atoms with E-state index in [9.17, 15) is 4.79 Å². The van der Waals surface area contributed by atoms with Crippen LogP contribution in [0.2, 0.25) is 0 Å². The van der Waals surface area contributed by atoms with E-state index in [0.717, 1.165) is 6.42 Å². The Balaban J connectivity index is 3.09. The summed E-state index contributed by atoms with van der Waals surface area (Å²) in [6.45, 7) is 12.3. The molecule has 1 aromatic rings. The molecular weight excluding hydrogens is 368 g/mol. The number of esters is 1. The second-order valence-corrected chi connectivity index (χ2v) is 10.1. The summed E-state index contributed by atoms with van der Waals surface area (Å²) in [5.41, 5.74) is 0.311. The molecule has 1 rings (SSSR count). The average molecular weight is 399 g/mol. The van der Waals surface area contributed by atoms with Gasteiger partial charge < -0.3 is 9.84 Å². The fourth-order valence-electron chi connectivity index (χ4n) is 2.80. The minimum absolute atomic E-state index is 0.0460. The first-order valence-corrected chi connectivity index (χ1v) is 9.24. The zero-order valence-corrected chi connectivity index (χ0v) is 17.3. The quantitative estimate of drug-likeness (QED) is 0.499. The fraction of sp³-hybridized carbons (Fsp3) is 0.650. The first kappa shape index (κ1) is 21.2. The van der Waals surface area contributed by atoms with E-state index in [-0.39, 0.29) is 34.8 Å². The van der Waals surface area contributed by atoms with Gasteiger partial charge in [-0.25, -0.2) is 0 Å². The summed E-state index contributed by atoms with van der Waals surface area (Å²) in [5.74, 6) is -0.0145. The van der Waals surface area contributed by atoms with Crippen LogP contribution in [-0.2, 0) is 9.53 Å². The number of ether oxygens (including phenoxy) is 1. The topological polar surface area (TPSA) is 46.5 Å². The summed E-state index contributed by atoms with van der Waals surface area (Å²) in [5, 5.41) is 8.90.